The molecule has 0 N–H and O–H groups in total. The summed E-state index contributed by atoms with van der Waals surface area (Å²) in [6, 6.07) is 9.97. The number of halogens is 1. The highest BCUT2D eigenvalue weighted by Crippen LogP contribution is 2.30. The van der Waals surface area contributed by atoms with Crippen molar-refractivity contribution in [3.05, 3.63) is 62.7 Å². The van der Waals surface area contributed by atoms with Crippen LogP contribution < -0.4 is 9.47 Å². The standard InChI is InChI=1S/C15H14ClNO4/c1-10-3-5-15(13(7-10)17(18)19)21-9-11-8-12(16)4-6-14(11)20-2/h3-8H,9H2,1-2H3. The van der Waals surface area contributed by atoms with Crippen molar-refractivity contribution in [1.82, 2.24) is 0 Å². The van der Waals surface area contributed by atoms with E-state index in [1.54, 1.807) is 44.4 Å². The Balaban J connectivity index is 2.24. The Morgan fingerprint density at radius 1 is 1.19 bits per heavy atom. The molecule has 0 bridgehead atoms. The van der Waals surface area contributed by atoms with Crippen LogP contribution in [-0.4, -0.2) is 12.0 Å². The average molecular weight is 308 g/mol. The van der Waals surface area contributed by atoms with Crippen LogP contribution in [0, 0.1) is 17.0 Å². The molecule has 2 aromatic carbocycles. The lowest BCUT2D eigenvalue weighted by molar-refractivity contribution is -0.386. The van der Waals surface area contributed by atoms with Crippen molar-refractivity contribution in [2.45, 2.75) is 13.5 Å². The van der Waals surface area contributed by atoms with E-state index in [0.29, 0.717) is 10.8 Å². The van der Waals surface area contributed by atoms with E-state index in [1.807, 2.05) is 0 Å². The van der Waals surface area contributed by atoms with Gasteiger partial charge in [0.15, 0.2) is 5.75 Å². The molecule has 0 fully saturated rings. The highest BCUT2D eigenvalue weighted by atomic mass is 35.5. The molecule has 0 unspecified atom stereocenters. The number of hydrogen-bond donors (Lipinski definition) is 0. The fraction of sp³-hybridized carbons (Fsp3) is 0.200. The second-order valence-corrected chi connectivity index (χ2v) is 4.91. The number of benzene rings is 2. The Labute approximate surface area is 127 Å². The Bertz CT molecular complexity index is 673. The zero-order valence-corrected chi connectivity index (χ0v) is 12.4. The minimum Gasteiger partial charge on any atom is -0.496 e. The molecule has 6 heteroatoms. The van der Waals surface area contributed by atoms with Crippen molar-refractivity contribution < 1.29 is 14.4 Å². The maximum atomic E-state index is 11.0. The van der Waals surface area contributed by atoms with Gasteiger partial charge >= 0.3 is 5.69 Å². The first-order valence-electron chi connectivity index (χ1n) is 6.21. The van der Waals surface area contributed by atoms with E-state index >= 15 is 0 Å². The van der Waals surface area contributed by atoms with Gasteiger partial charge in [-0.15, -0.1) is 0 Å². The van der Waals surface area contributed by atoms with Crippen molar-refractivity contribution in [1.29, 1.82) is 0 Å². The van der Waals surface area contributed by atoms with Crippen LogP contribution in [0.1, 0.15) is 11.1 Å². The van der Waals surface area contributed by atoms with Crippen LogP contribution >= 0.6 is 11.6 Å². The SMILES string of the molecule is COc1ccc(Cl)cc1COc1ccc(C)cc1[N+](=O)[O-]. The second-order valence-electron chi connectivity index (χ2n) is 4.47. The summed E-state index contributed by atoms with van der Waals surface area (Å²) in [5.41, 5.74) is 1.46. The number of ether oxygens (including phenoxy) is 2. The van der Waals surface area contributed by atoms with Gasteiger partial charge in [0.2, 0.25) is 0 Å². The van der Waals surface area contributed by atoms with Crippen molar-refractivity contribution in [3.63, 3.8) is 0 Å². The molecule has 0 saturated carbocycles. The summed E-state index contributed by atoms with van der Waals surface area (Å²) in [6.45, 7) is 1.92. The predicted molar refractivity (Wildman–Crippen MR) is 80.2 cm³/mol. The summed E-state index contributed by atoms with van der Waals surface area (Å²) in [5, 5.41) is 11.6. The van der Waals surface area contributed by atoms with E-state index in [0.717, 1.165) is 11.1 Å². The third-order valence-electron chi connectivity index (χ3n) is 2.94. The first kappa shape index (κ1) is 15.1. The highest BCUT2D eigenvalue weighted by Gasteiger charge is 2.16. The van der Waals surface area contributed by atoms with Crippen LogP contribution in [0.4, 0.5) is 5.69 Å². The molecule has 0 aromatic heterocycles. The second kappa shape index (κ2) is 6.45. The van der Waals surface area contributed by atoms with E-state index in [1.165, 1.54) is 6.07 Å². The molecule has 0 saturated heterocycles. The molecule has 0 heterocycles. The molecule has 110 valence electrons. The molecule has 0 radical (unpaired) electrons. The molecular weight excluding hydrogens is 294 g/mol. The molecule has 2 rings (SSSR count). The lowest BCUT2D eigenvalue weighted by Crippen LogP contribution is -2.01. The highest BCUT2D eigenvalue weighted by molar-refractivity contribution is 6.30. The molecule has 2 aromatic rings. The van der Waals surface area contributed by atoms with Crippen molar-refractivity contribution in [3.8, 4) is 11.5 Å². The smallest absolute Gasteiger partial charge is 0.311 e. The number of nitro benzene ring substituents is 1. The minimum absolute atomic E-state index is 0.0593. The normalized spacial score (nSPS) is 10.2. The molecule has 0 atom stereocenters. The Morgan fingerprint density at radius 3 is 2.57 bits per heavy atom. The monoisotopic (exact) mass is 307 g/mol. The molecule has 0 aliphatic rings. The van der Waals surface area contributed by atoms with Gasteiger partial charge in [0, 0.05) is 16.7 Å². The fourth-order valence-electron chi connectivity index (χ4n) is 1.91. The number of hydrogen-bond acceptors (Lipinski definition) is 4. The van der Waals surface area contributed by atoms with Gasteiger partial charge in [-0.3, -0.25) is 10.1 Å². The van der Waals surface area contributed by atoms with Gasteiger partial charge in [-0.1, -0.05) is 17.7 Å². The molecule has 0 aliphatic heterocycles. The Kier molecular flexibility index (Phi) is 4.65. The van der Waals surface area contributed by atoms with Gasteiger partial charge < -0.3 is 9.47 Å². The third kappa shape index (κ3) is 3.64. The van der Waals surface area contributed by atoms with Crippen LogP contribution in [0.25, 0.3) is 0 Å². The van der Waals surface area contributed by atoms with Gasteiger partial charge in [0.05, 0.1) is 12.0 Å². The summed E-state index contributed by atoms with van der Waals surface area (Å²) in [4.78, 5) is 10.6. The van der Waals surface area contributed by atoms with Gasteiger partial charge in [-0.25, -0.2) is 0 Å². The number of aryl methyl sites for hydroxylation is 1. The van der Waals surface area contributed by atoms with Crippen LogP contribution in [0.3, 0.4) is 0 Å². The van der Waals surface area contributed by atoms with Gasteiger partial charge in [-0.2, -0.15) is 0 Å². The summed E-state index contributed by atoms with van der Waals surface area (Å²) in [7, 11) is 1.54. The van der Waals surface area contributed by atoms with Crippen LogP contribution in [0.15, 0.2) is 36.4 Å². The number of rotatable bonds is 5. The van der Waals surface area contributed by atoms with E-state index < -0.39 is 4.92 Å². The fourth-order valence-corrected chi connectivity index (χ4v) is 2.10. The van der Waals surface area contributed by atoms with Gasteiger partial charge in [-0.05, 0) is 36.8 Å². The topological polar surface area (TPSA) is 61.6 Å². The number of nitro groups is 1. The first-order chi connectivity index (χ1) is 10.0. The zero-order chi connectivity index (χ0) is 15.4. The third-order valence-corrected chi connectivity index (χ3v) is 3.17. The molecule has 21 heavy (non-hydrogen) atoms. The van der Waals surface area contributed by atoms with E-state index in [4.69, 9.17) is 21.1 Å². The molecule has 5 nitrogen and oxygen atoms in total. The average Bonchev–Trinajstić information content (AvgIpc) is 2.46. The molecule has 0 spiro atoms. The van der Waals surface area contributed by atoms with E-state index in [2.05, 4.69) is 0 Å². The largest absolute Gasteiger partial charge is 0.496 e. The van der Waals surface area contributed by atoms with Crippen LogP contribution in [0.5, 0.6) is 11.5 Å². The predicted octanol–water partition coefficient (Wildman–Crippen LogP) is 4.14. The summed E-state index contributed by atoms with van der Waals surface area (Å²) >= 11 is 5.94. The zero-order valence-electron chi connectivity index (χ0n) is 11.6. The number of methoxy groups -OCH3 is 1. The first-order valence-corrected chi connectivity index (χ1v) is 6.59. The van der Waals surface area contributed by atoms with Crippen molar-refractivity contribution in [2.24, 2.45) is 0 Å². The van der Waals surface area contributed by atoms with Gasteiger partial charge in [0.25, 0.3) is 0 Å². The maximum absolute atomic E-state index is 11.0. The minimum atomic E-state index is -0.461. The quantitative estimate of drug-likeness (QED) is 0.615. The summed E-state index contributed by atoms with van der Waals surface area (Å²) in [6.07, 6.45) is 0. The summed E-state index contributed by atoms with van der Waals surface area (Å²) in [5.74, 6) is 0.835. The van der Waals surface area contributed by atoms with Gasteiger partial charge in [0.1, 0.15) is 12.4 Å². The van der Waals surface area contributed by atoms with Crippen molar-refractivity contribution in [2.75, 3.05) is 7.11 Å². The molecule has 0 aliphatic carbocycles. The lowest BCUT2D eigenvalue weighted by atomic mass is 10.2. The maximum Gasteiger partial charge on any atom is 0.311 e. The molecule has 0 amide bonds. The van der Waals surface area contributed by atoms with E-state index in [-0.39, 0.29) is 18.0 Å². The Hall–Kier alpha value is -2.27. The summed E-state index contributed by atoms with van der Waals surface area (Å²) < 4.78 is 10.8. The van der Waals surface area contributed by atoms with Crippen LogP contribution in [-0.2, 0) is 6.61 Å². The van der Waals surface area contributed by atoms with Crippen molar-refractivity contribution >= 4 is 17.3 Å². The molecular formula is C15H14ClNO4. The van der Waals surface area contributed by atoms with E-state index in [9.17, 15) is 10.1 Å². The number of nitrogens with zero attached hydrogens (tertiary/aromatic N) is 1. The Morgan fingerprint density at radius 2 is 1.90 bits per heavy atom. The lowest BCUT2D eigenvalue weighted by Gasteiger charge is -2.11. The van der Waals surface area contributed by atoms with Crippen LogP contribution in [0.2, 0.25) is 5.02 Å².